The van der Waals surface area contributed by atoms with Crippen LogP contribution in [-0.4, -0.2) is 43.5 Å². The summed E-state index contributed by atoms with van der Waals surface area (Å²) in [5, 5.41) is 12.5. The molecule has 0 saturated heterocycles. The lowest BCUT2D eigenvalue weighted by Crippen LogP contribution is -2.42. The van der Waals surface area contributed by atoms with E-state index in [0.717, 1.165) is 6.54 Å². The van der Waals surface area contributed by atoms with Crippen LogP contribution >= 0.6 is 11.8 Å². The van der Waals surface area contributed by atoms with E-state index in [1.54, 1.807) is 11.8 Å². The number of nitrogens with one attached hydrogen (secondary N) is 1. The fourth-order valence-corrected chi connectivity index (χ4v) is 4.03. The highest BCUT2D eigenvalue weighted by molar-refractivity contribution is 8.01. The second-order valence-electron chi connectivity index (χ2n) is 4.49. The van der Waals surface area contributed by atoms with Crippen molar-refractivity contribution in [2.24, 2.45) is 0 Å². The van der Waals surface area contributed by atoms with E-state index >= 15 is 0 Å². The molecule has 0 bridgehead atoms. The minimum absolute atomic E-state index is 0.201. The zero-order valence-corrected chi connectivity index (χ0v) is 12.6. The molecule has 0 aromatic rings. The van der Waals surface area contributed by atoms with Gasteiger partial charge in [-0.1, -0.05) is 13.8 Å². The zero-order chi connectivity index (χ0) is 13.5. The molecule has 0 aromatic carbocycles. The van der Waals surface area contributed by atoms with Crippen molar-refractivity contribution < 1.29 is 8.42 Å². The molecule has 0 fully saturated rings. The van der Waals surface area contributed by atoms with E-state index in [-0.39, 0.29) is 11.0 Å². The van der Waals surface area contributed by atoms with Crippen molar-refractivity contribution in [3.8, 4) is 6.07 Å². The Morgan fingerprint density at radius 2 is 2.12 bits per heavy atom. The lowest BCUT2D eigenvalue weighted by Gasteiger charge is -2.25. The summed E-state index contributed by atoms with van der Waals surface area (Å²) in [4.78, 5) is 0. The molecule has 0 saturated carbocycles. The highest BCUT2D eigenvalue weighted by Gasteiger charge is 2.25. The van der Waals surface area contributed by atoms with Crippen LogP contribution in [0, 0.1) is 11.3 Å². The molecule has 0 aliphatic carbocycles. The topological polar surface area (TPSA) is 70.0 Å². The van der Waals surface area contributed by atoms with Crippen LogP contribution in [0.5, 0.6) is 0 Å². The molecule has 0 aromatic heterocycles. The number of nitrogens with zero attached hydrogens (tertiary/aromatic N) is 1. The van der Waals surface area contributed by atoms with Crippen LogP contribution in [0.25, 0.3) is 0 Å². The molecule has 0 heterocycles. The van der Waals surface area contributed by atoms with Gasteiger partial charge in [0.25, 0.3) is 0 Å². The van der Waals surface area contributed by atoms with E-state index in [0.29, 0.717) is 12.2 Å². The average Bonchev–Trinajstić information content (AvgIpc) is 2.15. The third-order valence-corrected chi connectivity index (χ3v) is 4.75. The van der Waals surface area contributed by atoms with Gasteiger partial charge in [0.2, 0.25) is 0 Å². The van der Waals surface area contributed by atoms with Gasteiger partial charge in [0.15, 0.2) is 0 Å². The maximum Gasteiger partial charge on any atom is 0.148 e. The summed E-state index contributed by atoms with van der Waals surface area (Å²) in [5.41, 5.74) is -0.522. The van der Waals surface area contributed by atoms with Gasteiger partial charge in [-0.3, -0.25) is 5.32 Å². The van der Waals surface area contributed by atoms with Crippen LogP contribution < -0.4 is 5.32 Å². The van der Waals surface area contributed by atoms with Gasteiger partial charge < -0.3 is 0 Å². The number of sulfone groups is 1. The minimum Gasteiger partial charge on any atom is -0.300 e. The Kier molecular flexibility index (Phi) is 7.14. The van der Waals surface area contributed by atoms with E-state index in [2.05, 4.69) is 11.4 Å². The number of hydrogen-bond donors (Lipinski definition) is 1. The number of hydrogen-bond acceptors (Lipinski definition) is 5. The van der Waals surface area contributed by atoms with Crippen molar-refractivity contribution in [2.45, 2.75) is 38.0 Å². The number of nitriles is 1. The maximum atomic E-state index is 11.0. The summed E-state index contributed by atoms with van der Waals surface area (Å²) < 4.78 is 22.0. The summed E-state index contributed by atoms with van der Waals surface area (Å²) in [6.45, 7) is 6.63. The summed E-state index contributed by atoms with van der Waals surface area (Å²) >= 11 is 1.60. The van der Waals surface area contributed by atoms with Crippen LogP contribution in [0.2, 0.25) is 0 Å². The quantitative estimate of drug-likeness (QED) is 0.727. The minimum atomic E-state index is -2.88. The molecule has 1 N–H and O–H groups in total. The average molecular weight is 278 g/mol. The summed E-state index contributed by atoms with van der Waals surface area (Å²) in [7, 11) is -2.88. The second kappa shape index (κ2) is 7.24. The van der Waals surface area contributed by atoms with E-state index in [4.69, 9.17) is 5.26 Å². The molecule has 6 heteroatoms. The highest BCUT2D eigenvalue weighted by atomic mass is 32.2. The fourth-order valence-electron chi connectivity index (χ4n) is 1.58. The van der Waals surface area contributed by atoms with E-state index < -0.39 is 15.4 Å². The van der Waals surface area contributed by atoms with Crippen LogP contribution in [0.3, 0.4) is 0 Å². The maximum absolute atomic E-state index is 11.0. The van der Waals surface area contributed by atoms with E-state index in [9.17, 15) is 8.42 Å². The Morgan fingerprint density at radius 3 is 2.53 bits per heavy atom. The van der Waals surface area contributed by atoms with Crippen LogP contribution in [0.15, 0.2) is 0 Å². The van der Waals surface area contributed by atoms with Crippen molar-refractivity contribution in [3.63, 3.8) is 0 Å². The predicted octanol–water partition coefficient (Wildman–Crippen LogP) is 1.43. The fraction of sp³-hybridized carbons (Fsp3) is 0.909. The third-order valence-electron chi connectivity index (χ3n) is 2.37. The first-order valence-electron chi connectivity index (χ1n) is 5.68. The molecule has 0 amide bonds. The third kappa shape index (κ3) is 8.47. The molecule has 100 valence electrons. The predicted molar refractivity (Wildman–Crippen MR) is 73.9 cm³/mol. The second-order valence-corrected chi connectivity index (χ2v) is 8.30. The molecule has 2 unspecified atom stereocenters. The normalized spacial score (nSPS) is 17.1. The standard InChI is InChI=1S/C11H22N2O2S2/c1-5-13-11(3,9-12)8-10(2)16-6-7-17(4,14)15/h10,13H,5-8H2,1-4H3. The van der Waals surface area contributed by atoms with Crippen molar-refractivity contribution >= 4 is 21.6 Å². The van der Waals surface area contributed by atoms with Crippen molar-refractivity contribution in [3.05, 3.63) is 0 Å². The Bertz CT molecular complexity index is 362. The Labute approximate surface area is 109 Å². The molecular weight excluding hydrogens is 256 g/mol. The van der Waals surface area contributed by atoms with Crippen molar-refractivity contribution in [1.82, 2.24) is 5.32 Å². The molecule has 0 radical (unpaired) electrons. The lowest BCUT2D eigenvalue weighted by molar-refractivity contribution is 0.429. The smallest absolute Gasteiger partial charge is 0.148 e. The SMILES string of the molecule is CCNC(C)(C#N)CC(C)SCCS(C)(=O)=O. The molecular formula is C11H22N2O2S2. The molecule has 0 aliphatic heterocycles. The first-order valence-corrected chi connectivity index (χ1v) is 8.79. The summed E-state index contributed by atoms with van der Waals surface area (Å²) in [5.74, 6) is 0.792. The summed E-state index contributed by atoms with van der Waals surface area (Å²) in [6.07, 6.45) is 1.96. The molecule has 0 aliphatic rings. The van der Waals surface area contributed by atoms with E-state index in [1.807, 2.05) is 20.8 Å². The van der Waals surface area contributed by atoms with Gasteiger partial charge in [0.1, 0.15) is 15.4 Å². The number of thioether (sulfide) groups is 1. The van der Waals surface area contributed by atoms with Crippen LogP contribution in [0.1, 0.15) is 27.2 Å². The monoisotopic (exact) mass is 278 g/mol. The van der Waals surface area contributed by atoms with Gasteiger partial charge >= 0.3 is 0 Å². The van der Waals surface area contributed by atoms with Crippen molar-refractivity contribution in [2.75, 3.05) is 24.3 Å². The van der Waals surface area contributed by atoms with Gasteiger partial charge in [-0.2, -0.15) is 17.0 Å². The van der Waals surface area contributed by atoms with Gasteiger partial charge in [-0.25, -0.2) is 8.42 Å². The van der Waals surface area contributed by atoms with E-state index in [1.165, 1.54) is 6.26 Å². The zero-order valence-electron chi connectivity index (χ0n) is 11.0. The molecule has 0 spiro atoms. The van der Waals surface area contributed by atoms with Gasteiger partial charge in [-0.05, 0) is 19.9 Å². The Hall–Kier alpha value is -0.250. The number of rotatable bonds is 8. The Morgan fingerprint density at radius 1 is 1.53 bits per heavy atom. The van der Waals surface area contributed by atoms with Crippen LogP contribution in [-0.2, 0) is 9.84 Å². The van der Waals surface area contributed by atoms with Crippen molar-refractivity contribution in [1.29, 1.82) is 5.26 Å². The van der Waals surface area contributed by atoms with Gasteiger partial charge in [-0.15, -0.1) is 0 Å². The highest BCUT2D eigenvalue weighted by Crippen LogP contribution is 2.21. The first kappa shape index (κ1) is 16.8. The van der Waals surface area contributed by atoms with Crippen LogP contribution in [0.4, 0.5) is 0 Å². The Balaban J connectivity index is 4.09. The first-order chi connectivity index (χ1) is 7.72. The summed E-state index contributed by atoms with van der Waals surface area (Å²) in [6, 6.07) is 2.27. The molecule has 0 rings (SSSR count). The largest absolute Gasteiger partial charge is 0.300 e. The van der Waals surface area contributed by atoms with Gasteiger partial charge in [0, 0.05) is 17.3 Å². The molecule has 17 heavy (non-hydrogen) atoms. The lowest BCUT2D eigenvalue weighted by atomic mass is 9.98. The molecule has 2 atom stereocenters. The molecule has 4 nitrogen and oxygen atoms in total. The van der Waals surface area contributed by atoms with Gasteiger partial charge in [0.05, 0.1) is 11.8 Å².